The molecule has 3 rings (SSSR count). The topological polar surface area (TPSA) is 88.8 Å². The first-order valence-corrected chi connectivity index (χ1v) is 10.4. The number of nitrogens with one attached hydrogen (secondary N) is 1. The van der Waals surface area contributed by atoms with Gasteiger partial charge in [-0.3, -0.25) is 4.79 Å². The zero-order valence-corrected chi connectivity index (χ0v) is 16.3. The maximum atomic E-state index is 12.2. The van der Waals surface area contributed by atoms with Crippen molar-refractivity contribution in [3.05, 3.63) is 47.7 Å². The van der Waals surface area contributed by atoms with Crippen LogP contribution in [-0.4, -0.2) is 38.8 Å². The molecule has 0 bridgehead atoms. The fraction of sp³-hybridized carbons (Fsp3) is 0.421. The van der Waals surface area contributed by atoms with E-state index in [1.54, 1.807) is 30.3 Å². The van der Waals surface area contributed by atoms with Gasteiger partial charge in [-0.1, -0.05) is 12.8 Å². The Morgan fingerprint density at radius 2 is 1.81 bits per heavy atom. The van der Waals surface area contributed by atoms with Gasteiger partial charge in [-0.2, -0.15) is 0 Å². The number of carbonyl (C=O) groups is 1. The van der Waals surface area contributed by atoms with E-state index in [9.17, 15) is 13.2 Å². The van der Waals surface area contributed by atoms with Crippen LogP contribution in [0.15, 0.2) is 45.9 Å². The summed E-state index contributed by atoms with van der Waals surface area (Å²) in [6.07, 6.45) is 4.42. The Morgan fingerprint density at radius 3 is 2.44 bits per heavy atom. The monoisotopic (exact) mass is 392 g/mol. The van der Waals surface area contributed by atoms with Crippen LogP contribution in [0.5, 0.6) is 5.75 Å². The molecule has 146 valence electrons. The fourth-order valence-electron chi connectivity index (χ4n) is 2.95. The molecule has 0 unspecified atom stereocenters. The molecular weight excluding hydrogens is 368 g/mol. The van der Waals surface area contributed by atoms with Gasteiger partial charge in [-0.15, -0.1) is 0 Å². The standard InChI is InChI=1S/C19H24N2O5S/c1-21(2)27(23,24)18-12-11-17(26-18)13-25-16-9-7-14(8-10-16)19(22)20-15-5-3-4-6-15/h7-12,15H,3-6,13H2,1-2H3,(H,20,22). The number of rotatable bonds is 7. The van der Waals surface area contributed by atoms with Gasteiger partial charge in [-0.05, 0) is 49.2 Å². The molecule has 1 aromatic carbocycles. The molecule has 1 N–H and O–H groups in total. The summed E-state index contributed by atoms with van der Waals surface area (Å²) < 4.78 is 36.0. The number of ether oxygens (including phenoxy) is 1. The molecule has 1 fully saturated rings. The van der Waals surface area contributed by atoms with Gasteiger partial charge in [0.25, 0.3) is 15.9 Å². The highest BCUT2D eigenvalue weighted by Crippen LogP contribution is 2.20. The zero-order valence-electron chi connectivity index (χ0n) is 15.5. The third kappa shape index (κ3) is 4.70. The minimum Gasteiger partial charge on any atom is -0.486 e. The largest absolute Gasteiger partial charge is 0.486 e. The van der Waals surface area contributed by atoms with Crippen LogP contribution in [0, 0.1) is 0 Å². The van der Waals surface area contributed by atoms with Crippen LogP contribution in [0.4, 0.5) is 0 Å². The van der Waals surface area contributed by atoms with Crippen molar-refractivity contribution in [2.24, 2.45) is 0 Å². The lowest BCUT2D eigenvalue weighted by molar-refractivity contribution is 0.0938. The molecule has 1 saturated carbocycles. The third-order valence-corrected chi connectivity index (χ3v) is 6.25. The summed E-state index contributed by atoms with van der Waals surface area (Å²) in [5.41, 5.74) is 0.589. The van der Waals surface area contributed by atoms with E-state index in [2.05, 4.69) is 5.32 Å². The number of amides is 1. The molecule has 2 aromatic rings. The van der Waals surface area contributed by atoms with Crippen molar-refractivity contribution in [1.29, 1.82) is 0 Å². The summed E-state index contributed by atoms with van der Waals surface area (Å²) in [6, 6.07) is 10.1. The Balaban J connectivity index is 1.56. The molecule has 0 radical (unpaired) electrons. The van der Waals surface area contributed by atoms with Gasteiger partial charge in [-0.25, -0.2) is 12.7 Å². The van der Waals surface area contributed by atoms with Crippen molar-refractivity contribution >= 4 is 15.9 Å². The number of nitrogens with zero attached hydrogens (tertiary/aromatic N) is 1. The summed E-state index contributed by atoms with van der Waals surface area (Å²) in [6.45, 7) is 0.0938. The number of hydrogen-bond donors (Lipinski definition) is 1. The zero-order chi connectivity index (χ0) is 19.4. The molecule has 0 spiro atoms. The average molecular weight is 392 g/mol. The minimum atomic E-state index is -3.60. The smallest absolute Gasteiger partial charge is 0.275 e. The molecule has 0 atom stereocenters. The second kappa shape index (κ2) is 8.14. The Hall–Kier alpha value is -2.32. The molecule has 1 amide bonds. The molecular formula is C19H24N2O5S. The van der Waals surface area contributed by atoms with Crippen molar-refractivity contribution in [3.8, 4) is 5.75 Å². The molecule has 1 aromatic heterocycles. The quantitative estimate of drug-likeness (QED) is 0.783. The van der Waals surface area contributed by atoms with Crippen molar-refractivity contribution in [1.82, 2.24) is 9.62 Å². The first-order valence-electron chi connectivity index (χ1n) is 8.91. The number of benzene rings is 1. The van der Waals surface area contributed by atoms with E-state index in [4.69, 9.17) is 9.15 Å². The van der Waals surface area contributed by atoms with Crippen LogP contribution in [-0.2, 0) is 16.6 Å². The van der Waals surface area contributed by atoms with Crippen LogP contribution in [0.2, 0.25) is 0 Å². The Morgan fingerprint density at radius 1 is 1.15 bits per heavy atom. The molecule has 1 aliphatic rings. The third-order valence-electron chi connectivity index (χ3n) is 4.56. The number of carbonyl (C=O) groups excluding carboxylic acids is 1. The molecule has 7 nitrogen and oxygen atoms in total. The minimum absolute atomic E-state index is 0.0713. The normalized spacial score (nSPS) is 15.2. The van der Waals surface area contributed by atoms with Crippen LogP contribution in [0.1, 0.15) is 41.8 Å². The molecule has 1 heterocycles. The predicted molar refractivity (Wildman–Crippen MR) is 100 cm³/mol. The van der Waals surface area contributed by atoms with Crippen LogP contribution in [0.3, 0.4) is 0 Å². The first kappa shape index (κ1) is 19.4. The second-order valence-electron chi connectivity index (χ2n) is 6.78. The van der Waals surface area contributed by atoms with E-state index in [1.807, 2.05) is 0 Å². The Bertz CT molecular complexity index is 881. The van der Waals surface area contributed by atoms with Crippen molar-refractivity contribution in [2.45, 2.75) is 43.4 Å². The number of sulfonamides is 1. The van der Waals surface area contributed by atoms with Gasteiger partial charge in [0.05, 0.1) is 0 Å². The highest BCUT2D eigenvalue weighted by molar-refractivity contribution is 7.88. The van der Waals surface area contributed by atoms with Crippen LogP contribution >= 0.6 is 0 Å². The van der Waals surface area contributed by atoms with Crippen molar-refractivity contribution < 1.29 is 22.4 Å². The summed E-state index contributed by atoms with van der Waals surface area (Å²) in [4.78, 5) is 12.2. The number of furan rings is 1. The molecule has 0 saturated heterocycles. The van der Waals surface area contributed by atoms with Gasteiger partial charge in [0.1, 0.15) is 18.1 Å². The van der Waals surface area contributed by atoms with Gasteiger partial charge in [0, 0.05) is 25.7 Å². The molecule has 8 heteroatoms. The van der Waals surface area contributed by atoms with Gasteiger partial charge < -0.3 is 14.5 Å². The molecule has 27 heavy (non-hydrogen) atoms. The summed E-state index contributed by atoms with van der Waals surface area (Å²) in [7, 11) is -0.712. The summed E-state index contributed by atoms with van der Waals surface area (Å²) in [5.74, 6) is 0.900. The Kier molecular flexibility index (Phi) is 5.86. The van der Waals surface area contributed by atoms with E-state index in [-0.39, 0.29) is 23.6 Å². The maximum Gasteiger partial charge on any atom is 0.275 e. The van der Waals surface area contributed by atoms with E-state index in [0.717, 1.165) is 17.1 Å². The lowest BCUT2D eigenvalue weighted by Gasteiger charge is -2.12. The number of hydrogen-bond acceptors (Lipinski definition) is 5. The van der Waals surface area contributed by atoms with Crippen LogP contribution < -0.4 is 10.1 Å². The van der Waals surface area contributed by atoms with Gasteiger partial charge in [0.15, 0.2) is 0 Å². The van der Waals surface area contributed by atoms with Crippen molar-refractivity contribution in [3.63, 3.8) is 0 Å². The van der Waals surface area contributed by atoms with Crippen molar-refractivity contribution in [2.75, 3.05) is 14.1 Å². The maximum absolute atomic E-state index is 12.2. The lowest BCUT2D eigenvalue weighted by atomic mass is 10.1. The molecule has 1 aliphatic carbocycles. The van der Waals surface area contributed by atoms with Crippen LogP contribution in [0.25, 0.3) is 0 Å². The predicted octanol–water partition coefficient (Wildman–Crippen LogP) is 2.78. The second-order valence-corrected chi connectivity index (χ2v) is 8.86. The van der Waals surface area contributed by atoms with E-state index in [1.165, 1.54) is 33.0 Å². The summed E-state index contributed by atoms with van der Waals surface area (Å²) >= 11 is 0. The molecule has 0 aliphatic heterocycles. The van der Waals surface area contributed by atoms with Gasteiger partial charge in [0.2, 0.25) is 5.09 Å². The van der Waals surface area contributed by atoms with E-state index < -0.39 is 10.0 Å². The highest BCUT2D eigenvalue weighted by Gasteiger charge is 2.21. The Labute approximate surface area is 159 Å². The lowest BCUT2D eigenvalue weighted by Crippen LogP contribution is -2.32. The average Bonchev–Trinajstić information content (AvgIpc) is 3.32. The first-order chi connectivity index (χ1) is 12.9. The fourth-order valence-corrected chi connectivity index (χ4v) is 3.76. The van der Waals surface area contributed by atoms with E-state index >= 15 is 0 Å². The SMILES string of the molecule is CN(C)S(=O)(=O)c1ccc(COc2ccc(C(=O)NC3CCCC3)cc2)o1. The highest BCUT2D eigenvalue weighted by atomic mass is 32.2. The summed E-state index contributed by atoms with van der Waals surface area (Å²) in [5, 5.41) is 2.92. The van der Waals surface area contributed by atoms with E-state index in [0.29, 0.717) is 17.1 Å². The van der Waals surface area contributed by atoms with Gasteiger partial charge >= 0.3 is 0 Å².